The lowest BCUT2D eigenvalue weighted by atomic mass is 9.94. The molecule has 1 aromatic carbocycles. The van der Waals surface area contributed by atoms with E-state index in [1.807, 2.05) is 19.9 Å². The van der Waals surface area contributed by atoms with E-state index in [-0.39, 0.29) is 23.8 Å². The van der Waals surface area contributed by atoms with Crippen molar-refractivity contribution < 1.29 is 24.2 Å². The number of imidazole rings is 1. The van der Waals surface area contributed by atoms with Crippen molar-refractivity contribution in [3.05, 3.63) is 52.1 Å². The molecule has 8 heteroatoms. The molecular weight excluding hydrogens is 374 g/mol. The number of phenolic OH excluding ortho intramolecular Hbond substituents is 1. The van der Waals surface area contributed by atoms with Gasteiger partial charge in [-0.25, -0.2) is 9.78 Å². The number of allylic oxidation sites excluding steroid dienone is 2. The predicted molar refractivity (Wildman–Crippen MR) is 106 cm³/mol. The summed E-state index contributed by atoms with van der Waals surface area (Å²) < 4.78 is 10.5. The number of aromatic hydroxyl groups is 1. The number of hydrogen-bond acceptors (Lipinski definition) is 6. The lowest BCUT2D eigenvalue weighted by Gasteiger charge is -2.15. The van der Waals surface area contributed by atoms with E-state index >= 15 is 0 Å². The Morgan fingerprint density at radius 1 is 1.45 bits per heavy atom. The second-order valence-electron chi connectivity index (χ2n) is 6.98. The van der Waals surface area contributed by atoms with Crippen LogP contribution in [0.25, 0.3) is 0 Å². The van der Waals surface area contributed by atoms with E-state index < -0.39 is 5.97 Å². The molecule has 0 aliphatic carbocycles. The number of carbonyl (C=O) groups excluding carboxylic acids is 2. The van der Waals surface area contributed by atoms with E-state index in [0.717, 1.165) is 11.1 Å². The Morgan fingerprint density at radius 2 is 2.24 bits per heavy atom. The molecule has 154 valence electrons. The second kappa shape index (κ2) is 8.81. The first-order valence-corrected chi connectivity index (χ1v) is 9.41. The van der Waals surface area contributed by atoms with Crippen molar-refractivity contribution in [3.63, 3.8) is 0 Å². The highest BCUT2D eigenvalue weighted by Gasteiger charge is 2.31. The highest BCUT2D eigenvalue weighted by molar-refractivity contribution is 5.98. The highest BCUT2D eigenvalue weighted by Crippen LogP contribution is 2.42. The number of amides is 1. The van der Waals surface area contributed by atoms with Crippen LogP contribution in [-0.2, 0) is 29.1 Å². The standard InChI is InChI=1S/C21H25N3O5/c1-12(5-7-17(25)24-10-16-22-8-9-23-16)4-6-14-19(26)18-15(11-29-21(18)27)13(2)20(14)28-3/h4,8-9,26H,5-7,10-11H2,1-3H3,(H,22,23)(H,24,25)/b12-4+. The monoisotopic (exact) mass is 399 g/mol. The van der Waals surface area contributed by atoms with E-state index in [9.17, 15) is 14.7 Å². The lowest BCUT2D eigenvalue weighted by molar-refractivity contribution is -0.121. The summed E-state index contributed by atoms with van der Waals surface area (Å²) in [7, 11) is 1.54. The minimum atomic E-state index is -0.515. The van der Waals surface area contributed by atoms with E-state index in [1.165, 1.54) is 7.11 Å². The molecule has 1 aliphatic rings. The zero-order valence-corrected chi connectivity index (χ0v) is 16.8. The van der Waals surface area contributed by atoms with Gasteiger partial charge in [-0.05, 0) is 32.3 Å². The Balaban J connectivity index is 1.64. The second-order valence-corrected chi connectivity index (χ2v) is 6.98. The number of nitrogens with zero attached hydrogens (tertiary/aromatic N) is 1. The fourth-order valence-corrected chi connectivity index (χ4v) is 3.38. The summed E-state index contributed by atoms with van der Waals surface area (Å²) in [5.74, 6) is 0.591. The number of esters is 1. The number of aromatic amines is 1. The first-order valence-electron chi connectivity index (χ1n) is 9.41. The minimum absolute atomic E-state index is 0.0642. The summed E-state index contributed by atoms with van der Waals surface area (Å²) in [6.07, 6.45) is 6.59. The number of ether oxygens (including phenoxy) is 2. The molecule has 1 amide bonds. The Labute approximate surface area is 168 Å². The molecule has 0 saturated carbocycles. The zero-order chi connectivity index (χ0) is 21.0. The smallest absolute Gasteiger partial charge is 0.342 e. The number of aromatic nitrogens is 2. The summed E-state index contributed by atoms with van der Waals surface area (Å²) in [6.45, 7) is 4.29. The molecule has 3 N–H and O–H groups in total. The zero-order valence-electron chi connectivity index (χ0n) is 16.8. The highest BCUT2D eigenvalue weighted by atomic mass is 16.5. The van der Waals surface area contributed by atoms with Crippen LogP contribution in [0.4, 0.5) is 0 Å². The number of rotatable bonds is 8. The van der Waals surface area contributed by atoms with Crippen molar-refractivity contribution in [2.24, 2.45) is 0 Å². The molecule has 1 aromatic heterocycles. The van der Waals surface area contributed by atoms with Gasteiger partial charge in [-0.3, -0.25) is 4.79 Å². The molecule has 29 heavy (non-hydrogen) atoms. The number of methoxy groups -OCH3 is 1. The van der Waals surface area contributed by atoms with E-state index in [4.69, 9.17) is 9.47 Å². The molecule has 0 saturated heterocycles. The molecule has 0 bridgehead atoms. The van der Waals surface area contributed by atoms with Gasteiger partial charge in [0.05, 0.1) is 13.7 Å². The van der Waals surface area contributed by atoms with Crippen molar-refractivity contribution in [2.45, 2.75) is 46.3 Å². The molecule has 0 unspecified atom stereocenters. The first kappa shape index (κ1) is 20.4. The van der Waals surface area contributed by atoms with E-state index in [1.54, 1.807) is 12.4 Å². The van der Waals surface area contributed by atoms with Crippen LogP contribution in [0.3, 0.4) is 0 Å². The predicted octanol–water partition coefficient (Wildman–Crippen LogP) is 2.69. The fraction of sp³-hybridized carbons (Fsp3) is 0.381. The van der Waals surface area contributed by atoms with Gasteiger partial charge in [0.2, 0.25) is 5.91 Å². The Bertz CT molecular complexity index is 948. The lowest BCUT2D eigenvalue weighted by Crippen LogP contribution is -2.23. The van der Waals surface area contributed by atoms with Crippen LogP contribution in [-0.4, -0.2) is 34.1 Å². The van der Waals surface area contributed by atoms with Crippen LogP contribution < -0.4 is 10.1 Å². The number of phenols is 1. The molecule has 1 aliphatic heterocycles. The Morgan fingerprint density at radius 3 is 2.93 bits per heavy atom. The van der Waals surface area contributed by atoms with Crippen LogP contribution in [0.5, 0.6) is 11.5 Å². The van der Waals surface area contributed by atoms with Crippen molar-refractivity contribution in [2.75, 3.05) is 7.11 Å². The molecule has 3 rings (SSSR count). The summed E-state index contributed by atoms with van der Waals surface area (Å²) >= 11 is 0. The average Bonchev–Trinajstić information content (AvgIpc) is 3.36. The Hall–Kier alpha value is -3.29. The molecule has 0 fully saturated rings. The summed E-state index contributed by atoms with van der Waals surface area (Å²) in [4.78, 5) is 30.9. The topological polar surface area (TPSA) is 114 Å². The van der Waals surface area contributed by atoms with Crippen molar-refractivity contribution in [1.29, 1.82) is 0 Å². The molecule has 0 atom stereocenters. The van der Waals surface area contributed by atoms with Gasteiger partial charge in [-0.2, -0.15) is 0 Å². The Kier molecular flexibility index (Phi) is 6.21. The third-order valence-electron chi connectivity index (χ3n) is 5.06. The largest absolute Gasteiger partial charge is 0.507 e. The van der Waals surface area contributed by atoms with Crippen LogP contribution in [0.2, 0.25) is 0 Å². The number of fused-ring (bicyclic) bond motifs is 1. The normalized spacial score (nSPS) is 13.2. The number of benzene rings is 1. The van der Waals surface area contributed by atoms with Crippen LogP contribution in [0.1, 0.15) is 52.6 Å². The minimum Gasteiger partial charge on any atom is -0.507 e. The van der Waals surface area contributed by atoms with Crippen molar-refractivity contribution in [1.82, 2.24) is 15.3 Å². The maximum absolute atomic E-state index is 12.0. The van der Waals surface area contributed by atoms with Gasteiger partial charge >= 0.3 is 5.97 Å². The summed E-state index contributed by atoms with van der Waals surface area (Å²) in [6, 6.07) is 0. The molecule has 0 radical (unpaired) electrons. The van der Waals surface area contributed by atoms with Crippen LogP contribution >= 0.6 is 0 Å². The van der Waals surface area contributed by atoms with Crippen LogP contribution in [0, 0.1) is 6.92 Å². The number of H-pyrrole nitrogens is 1. The molecule has 2 heterocycles. The summed E-state index contributed by atoms with van der Waals surface area (Å²) in [5, 5.41) is 13.4. The van der Waals surface area contributed by atoms with E-state index in [2.05, 4.69) is 15.3 Å². The molecular formula is C21H25N3O5. The quantitative estimate of drug-likeness (QED) is 0.465. The SMILES string of the molecule is COc1c(C)c2c(c(O)c1C/C=C(\C)CCC(=O)NCc1ncc[nH]1)C(=O)OC2. The van der Waals surface area contributed by atoms with Crippen LogP contribution in [0.15, 0.2) is 24.0 Å². The third kappa shape index (κ3) is 4.42. The number of carbonyl (C=O) groups is 2. The molecule has 0 spiro atoms. The number of cyclic esters (lactones) is 1. The number of nitrogens with one attached hydrogen (secondary N) is 2. The third-order valence-corrected chi connectivity index (χ3v) is 5.06. The van der Waals surface area contributed by atoms with Gasteiger partial charge in [0.1, 0.15) is 29.5 Å². The maximum Gasteiger partial charge on any atom is 0.342 e. The number of hydrogen-bond donors (Lipinski definition) is 3. The maximum atomic E-state index is 12.0. The van der Waals surface area contributed by atoms with Crippen molar-refractivity contribution >= 4 is 11.9 Å². The fourth-order valence-electron chi connectivity index (χ4n) is 3.38. The average molecular weight is 399 g/mol. The summed E-state index contributed by atoms with van der Waals surface area (Å²) in [5.41, 5.74) is 3.23. The van der Waals surface area contributed by atoms with Gasteiger partial charge < -0.3 is 24.9 Å². The van der Waals surface area contributed by atoms with Gasteiger partial charge in [0, 0.05) is 29.9 Å². The first-order chi connectivity index (χ1) is 13.9. The van der Waals surface area contributed by atoms with Gasteiger partial charge in [-0.1, -0.05) is 11.6 Å². The van der Waals surface area contributed by atoms with Crippen molar-refractivity contribution in [3.8, 4) is 11.5 Å². The molecule has 2 aromatic rings. The molecule has 8 nitrogen and oxygen atoms in total. The van der Waals surface area contributed by atoms with Gasteiger partial charge in [-0.15, -0.1) is 0 Å². The van der Waals surface area contributed by atoms with Gasteiger partial charge in [0.25, 0.3) is 0 Å². The van der Waals surface area contributed by atoms with Gasteiger partial charge in [0.15, 0.2) is 0 Å². The van der Waals surface area contributed by atoms with E-state index in [0.29, 0.717) is 48.5 Å².